The molecular formula is C18H15NO2. The van der Waals surface area contributed by atoms with Gasteiger partial charge in [0.25, 0.3) is 0 Å². The van der Waals surface area contributed by atoms with E-state index in [1.807, 2.05) is 24.3 Å². The Balaban J connectivity index is 1.83. The maximum atomic E-state index is 12.7. The number of nitrogens with one attached hydrogen (secondary N) is 1. The van der Waals surface area contributed by atoms with Gasteiger partial charge < -0.3 is 9.40 Å². The number of carbonyl (C=O) groups excluding carboxylic acids is 1. The van der Waals surface area contributed by atoms with Gasteiger partial charge in [-0.3, -0.25) is 4.79 Å². The minimum atomic E-state index is 0.0847. The second-order valence-corrected chi connectivity index (χ2v) is 5.54. The first-order valence-corrected chi connectivity index (χ1v) is 7.12. The minimum Gasteiger partial charge on any atom is -0.465 e. The van der Waals surface area contributed by atoms with E-state index in [0.717, 1.165) is 40.9 Å². The van der Waals surface area contributed by atoms with Gasteiger partial charge in [0.1, 0.15) is 5.76 Å². The highest BCUT2D eigenvalue weighted by molar-refractivity contribution is 6.14. The van der Waals surface area contributed by atoms with Crippen LogP contribution in [0.25, 0.3) is 17.0 Å². The normalized spacial score (nSPS) is 16.6. The molecule has 0 saturated carbocycles. The number of benzene rings is 1. The van der Waals surface area contributed by atoms with Gasteiger partial charge in [-0.15, -0.1) is 0 Å². The SMILES string of the molecule is Cc1ccc2[nH]c3c(c2c1)CC/C(=C\c1ccco1)C3=O. The highest BCUT2D eigenvalue weighted by atomic mass is 16.3. The summed E-state index contributed by atoms with van der Waals surface area (Å²) in [6.07, 6.45) is 5.11. The number of Topliss-reactive ketones (excluding diaryl/α,β-unsaturated/α-hetero) is 1. The van der Waals surface area contributed by atoms with Crippen LogP contribution < -0.4 is 0 Å². The maximum Gasteiger partial charge on any atom is 0.205 e. The third-order valence-electron chi connectivity index (χ3n) is 4.08. The van der Waals surface area contributed by atoms with Gasteiger partial charge >= 0.3 is 0 Å². The Morgan fingerprint density at radius 1 is 1.24 bits per heavy atom. The third kappa shape index (κ3) is 1.93. The summed E-state index contributed by atoms with van der Waals surface area (Å²) in [5.41, 5.74) is 4.95. The molecule has 0 aliphatic heterocycles. The van der Waals surface area contributed by atoms with Gasteiger partial charge in [-0.2, -0.15) is 0 Å². The Labute approximate surface area is 122 Å². The Hall–Kier alpha value is -2.55. The van der Waals surface area contributed by atoms with Crippen LogP contribution in [0, 0.1) is 6.92 Å². The molecule has 3 heteroatoms. The predicted octanol–water partition coefficient (Wildman–Crippen LogP) is 4.28. The van der Waals surface area contributed by atoms with Crippen molar-refractivity contribution in [1.82, 2.24) is 4.98 Å². The van der Waals surface area contributed by atoms with Crippen LogP contribution in [0.3, 0.4) is 0 Å². The molecule has 0 unspecified atom stereocenters. The molecule has 2 heterocycles. The van der Waals surface area contributed by atoms with Crippen molar-refractivity contribution in [2.45, 2.75) is 19.8 Å². The Kier molecular flexibility index (Phi) is 2.61. The van der Waals surface area contributed by atoms with Crippen molar-refractivity contribution < 1.29 is 9.21 Å². The summed E-state index contributed by atoms with van der Waals surface area (Å²) < 4.78 is 5.31. The number of allylic oxidation sites excluding steroid dienone is 1. The number of aromatic nitrogens is 1. The van der Waals surface area contributed by atoms with Gasteiger partial charge in [-0.25, -0.2) is 0 Å². The third-order valence-corrected chi connectivity index (χ3v) is 4.08. The summed E-state index contributed by atoms with van der Waals surface area (Å²) >= 11 is 0. The lowest BCUT2D eigenvalue weighted by Gasteiger charge is -2.13. The number of aryl methyl sites for hydroxylation is 2. The quantitative estimate of drug-likeness (QED) is 0.675. The fourth-order valence-corrected chi connectivity index (χ4v) is 3.03. The monoisotopic (exact) mass is 277 g/mol. The Bertz CT molecular complexity index is 866. The summed E-state index contributed by atoms with van der Waals surface area (Å²) in [6, 6.07) is 9.96. The number of H-pyrrole nitrogens is 1. The fourth-order valence-electron chi connectivity index (χ4n) is 3.03. The first-order chi connectivity index (χ1) is 10.2. The number of aromatic amines is 1. The zero-order valence-electron chi connectivity index (χ0n) is 11.8. The molecule has 1 aromatic carbocycles. The average Bonchev–Trinajstić information content (AvgIpc) is 3.09. The minimum absolute atomic E-state index is 0.0847. The summed E-state index contributed by atoms with van der Waals surface area (Å²) in [4.78, 5) is 15.9. The van der Waals surface area contributed by atoms with Crippen molar-refractivity contribution >= 4 is 22.8 Å². The molecule has 3 nitrogen and oxygen atoms in total. The number of rotatable bonds is 1. The van der Waals surface area contributed by atoms with Gasteiger partial charge in [0.05, 0.1) is 12.0 Å². The van der Waals surface area contributed by atoms with Gasteiger partial charge in [-0.05, 0) is 55.7 Å². The van der Waals surface area contributed by atoms with E-state index in [2.05, 4.69) is 24.0 Å². The van der Waals surface area contributed by atoms with Crippen LogP contribution in [0.2, 0.25) is 0 Å². The van der Waals surface area contributed by atoms with Gasteiger partial charge in [0.15, 0.2) is 0 Å². The van der Waals surface area contributed by atoms with E-state index in [1.165, 1.54) is 10.9 Å². The zero-order valence-corrected chi connectivity index (χ0v) is 11.8. The lowest BCUT2D eigenvalue weighted by atomic mass is 9.89. The standard InChI is InChI=1S/C18H15NO2/c1-11-4-7-16-15(9-11)14-6-5-12(18(20)17(14)19-16)10-13-3-2-8-21-13/h2-4,7-10,19H,5-6H2,1H3/b12-10+. The molecule has 2 aromatic heterocycles. The number of hydrogen-bond acceptors (Lipinski definition) is 2. The van der Waals surface area contributed by atoms with Gasteiger partial charge in [-0.1, -0.05) is 11.6 Å². The molecule has 0 bridgehead atoms. The van der Waals surface area contributed by atoms with Crippen molar-refractivity contribution in [3.63, 3.8) is 0 Å². The van der Waals surface area contributed by atoms with Crippen LogP contribution in [0.1, 0.15) is 33.8 Å². The highest BCUT2D eigenvalue weighted by Crippen LogP contribution is 2.32. The number of furan rings is 1. The van der Waals surface area contributed by atoms with Crippen LogP contribution in [0.5, 0.6) is 0 Å². The first kappa shape index (κ1) is 12.2. The average molecular weight is 277 g/mol. The van der Waals surface area contributed by atoms with Crippen molar-refractivity contribution in [3.05, 3.63) is 64.7 Å². The van der Waals surface area contributed by atoms with E-state index in [1.54, 1.807) is 6.26 Å². The highest BCUT2D eigenvalue weighted by Gasteiger charge is 2.26. The number of carbonyl (C=O) groups is 1. The van der Waals surface area contributed by atoms with E-state index in [0.29, 0.717) is 0 Å². The molecule has 1 aliphatic rings. The maximum absolute atomic E-state index is 12.7. The van der Waals surface area contributed by atoms with E-state index in [9.17, 15) is 4.79 Å². The molecule has 0 atom stereocenters. The summed E-state index contributed by atoms with van der Waals surface area (Å²) in [6.45, 7) is 2.08. The van der Waals surface area contributed by atoms with Gasteiger partial charge in [0, 0.05) is 16.5 Å². The van der Waals surface area contributed by atoms with Crippen molar-refractivity contribution in [2.75, 3.05) is 0 Å². The van der Waals surface area contributed by atoms with Crippen LogP contribution in [-0.4, -0.2) is 10.8 Å². The molecule has 3 aromatic rings. The predicted molar refractivity (Wildman–Crippen MR) is 82.4 cm³/mol. The van der Waals surface area contributed by atoms with Crippen molar-refractivity contribution in [3.8, 4) is 0 Å². The van der Waals surface area contributed by atoms with Crippen LogP contribution >= 0.6 is 0 Å². The van der Waals surface area contributed by atoms with Gasteiger partial charge in [0.2, 0.25) is 5.78 Å². The molecule has 0 saturated heterocycles. The van der Waals surface area contributed by atoms with Crippen molar-refractivity contribution in [1.29, 1.82) is 0 Å². The zero-order chi connectivity index (χ0) is 14.4. The van der Waals surface area contributed by atoms with E-state index in [-0.39, 0.29) is 5.78 Å². The van der Waals surface area contributed by atoms with Crippen molar-refractivity contribution in [2.24, 2.45) is 0 Å². The number of ketones is 1. The number of hydrogen-bond donors (Lipinski definition) is 1. The van der Waals surface area contributed by atoms with Crippen LogP contribution in [-0.2, 0) is 6.42 Å². The molecule has 0 fully saturated rings. The molecular weight excluding hydrogens is 262 g/mol. The molecule has 1 N–H and O–H groups in total. The topological polar surface area (TPSA) is 46.0 Å². The van der Waals surface area contributed by atoms with Crippen LogP contribution in [0.15, 0.2) is 46.6 Å². The molecule has 0 amide bonds. The number of fused-ring (bicyclic) bond motifs is 3. The lowest BCUT2D eigenvalue weighted by Crippen LogP contribution is -2.13. The molecule has 0 spiro atoms. The molecule has 104 valence electrons. The summed E-state index contributed by atoms with van der Waals surface area (Å²) in [5, 5.41) is 1.18. The second kappa shape index (κ2) is 4.48. The molecule has 1 aliphatic carbocycles. The lowest BCUT2D eigenvalue weighted by molar-refractivity contribution is 0.102. The van der Waals surface area contributed by atoms with Crippen LogP contribution in [0.4, 0.5) is 0 Å². The molecule has 21 heavy (non-hydrogen) atoms. The fraction of sp³-hybridized carbons (Fsp3) is 0.167. The largest absolute Gasteiger partial charge is 0.465 e. The summed E-state index contributed by atoms with van der Waals surface area (Å²) in [7, 11) is 0. The second-order valence-electron chi connectivity index (χ2n) is 5.54. The summed E-state index contributed by atoms with van der Waals surface area (Å²) in [5.74, 6) is 0.815. The first-order valence-electron chi connectivity index (χ1n) is 7.12. The van der Waals surface area contributed by atoms with E-state index in [4.69, 9.17) is 4.42 Å². The molecule has 4 rings (SSSR count). The van der Waals surface area contributed by atoms with E-state index < -0.39 is 0 Å². The van der Waals surface area contributed by atoms with E-state index >= 15 is 0 Å². The smallest absolute Gasteiger partial charge is 0.205 e. The molecule has 0 radical (unpaired) electrons. The Morgan fingerprint density at radius 3 is 2.95 bits per heavy atom. The Morgan fingerprint density at radius 2 is 2.14 bits per heavy atom.